The minimum atomic E-state index is -3.99. The minimum absolute atomic E-state index is 0.0517. The quantitative estimate of drug-likeness (QED) is 0.925. The lowest BCUT2D eigenvalue weighted by atomic mass is 10.1. The van der Waals surface area contributed by atoms with Crippen molar-refractivity contribution in [3.8, 4) is 0 Å². The summed E-state index contributed by atoms with van der Waals surface area (Å²) in [6.45, 7) is 1.47. The third-order valence-electron chi connectivity index (χ3n) is 3.29. The van der Waals surface area contributed by atoms with Gasteiger partial charge in [-0.2, -0.15) is 4.31 Å². The second-order valence-corrected chi connectivity index (χ2v) is 7.24. The summed E-state index contributed by atoms with van der Waals surface area (Å²) in [7, 11) is -3.99. The van der Waals surface area contributed by atoms with Gasteiger partial charge in [-0.25, -0.2) is 21.6 Å². The first kappa shape index (κ1) is 16.3. The molecule has 0 saturated carbocycles. The van der Waals surface area contributed by atoms with Crippen molar-refractivity contribution in [3.05, 3.63) is 29.8 Å². The Bertz CT molecular complexity index is 605. The molecular weight excluding hydrogens is 305 g/mol. The van der Waals surface area contributed by atoms with E-state index in [1.807, 2.05) is 0 Å². The highest BCUT2D eigenvalue weighted by Gasteiger charge is 2.35. The Kier molecular flexibility index (Phi) is 4.60. The Labute approximate surface area is 122 Å². The predicted octanol–water partition coefficient (Wildman–Crippen LogP) is 1.95. The number of nitrogens with zero attached hydrogens (tertiary/aromatic N) is 1. The van der Waals surface area contributed by atoms with E-state index in [2.05, 4.69) is 5.32 Å². The van der Waals surface area contributed by atoms with Crippen LogP contribution in [0.1, 0.15) is 18.9 Å². The molecule has 1 unspecified atom stereocenters. The molecule has 118 valence electrons. The summed E-state index contributed by atoms with van der Waals surface area (Å²) in [6, 6.07) is 4.61. The first-order chi connectivity index (χ1) is 9.72. The van der Waals surface area contributed by atoms with E-state index in [4.69, 9.17) is 0 Å². The fourth-order valence-corrected chi connectivity index (χ4v) is 3.82. The van der Waals surface area contributed by atoms with Crippen LogP contribution in [0.15, 0.2) is 29.2 Å². The predicted molar refractivity (Wildman–Crippen MR) is 72.5 cm³/mol. The molecule has 1 fully saturated rings. The first-order valence-corrected chi connectivity index (χ1v) is 7.94. The summed E-state index contributed by atoms with van der Waals surface area (Å²) in [4.78, 5) is -0.238. The van der Waals surface area contributed by atoms with Gasteiger partial charge in [0.15, 0.2) is 0 Å². The Balaban J connectivity index is 2.34. The van der Waals surface area contributed by atoms with Crippen LogP contribution in [0.2, 0.25) is 0 Å². The van der Waals surface area contributed by atoms with E-state index in [0.29, 0.717) is 6.54 Å². The van der Waals surface area contributed by atoms with E-state index < -0.39 is 22.1 Å². The number of hydrogen-bond donors (Lipinski definition) is 1. The third-order valence-corrected chi connectivity index (χ3v) is 5.13. The van der Waals surface area contributed by atoms with Gasteiger partial charge in [0.25, 0.3) is 6.43 Å². The molecule has 1 aromatic rings. The van der Waals surface area contributed by atoms with Crippen molar-refractivity contribution in [1.29, 1.82) is 0 Å². The van der Waals surface area contributed by atoms with Crippen molar-refractivity contribution >= 4 is 10.0 Å². The first-order valence-electron chi connectivity index (χ1n) is 6.50. The van der Waals surface area contributed by atoms with Gasteiger partial charge in [-0.05, 0) is 19.1 Å². The van der Waals surface area contributed by atoms with Gasteiger partial charge in [-0.1, -0.05) is 12.1 Å². The summed E-state index contributed by atoms with van der Waals surface area (Å²) in [5.74, 6) is 0. The van der Waals surface area contributed by atoms with Crippen LogP contribution < -0.4 is 5.32 Å². The highest BCUT2D eigenvalue weighted by molar-refractivity contribution is 7.89. The molecule has 4 nitrogen and oxygen atoms in total. The van der Waals surface area contributed by atoms with Gasteiger partial charge in [-0.15, -0.1) is 0 Å². The molecule has 1 N–H and O–H groups in total. The largest absolute Gasteiger partial charge is 0.312 e. The van der Waals surface area contributed by atoms with Crippen molar-refractivity contribution in [1.82, 2.24) is 9.62 Å². The molecule has 0 aliphatic carbocycles. The Morgan fingerprint density at radius 1 is 1.38 bits per heavy atom. The lowest BCUT2D eigenvalue weighted by Gasteiger charge is -2.25. The lowest BCUT2D eigenvalue weighted by molar-refractivity contribution is 0.151. The molecule has 2 rings (SSSR count). The molecule has 0 amide bonds. The second-order valence-electron chi connectivity index (χ2n) is 5.30. The number of hydrogen-bond acceptors (Lipinski definition) is 3. The van der Waals surface area contributed by atoms with Crippen LogP contribution in [-0.2, 0) is 10.0 Å². The van der Waals surface area contributed by atoms with Gasteiger partial charge in [-0.3, -0.25) is 0 Å². The molecule has 1 aromatic carbocycles. The van der Waals surface area contributed by atoms with Crippen LogP contribution >= 0.6 is 0 Å². The number of benzene rings is 1. The maximum Gasteiger partial charge on any atom is 0.263 e. The van der Waals surface area contributed by atoms with Crippen LogP contribution in [0.5, 0.6) is 0 Å². The van der Waals surface area contributed by atoms with E-state index in [9.17, 15) is 21.6 Å². The third kappa shape index (κ3) is 3.75. The average molecular weight is 322 g/mol. The highest BCUT2D eigenvalue weighted by atomic mass is 32.2. The number of alkyl halides is 3. The zero-order valence-corrected chi connectivity index (χ0v) is 12.3. The molecular formula is C13H17F3N2O2S. The van der Waals surface area contributed by atoms with Crippen LogP contribution in [0.4, 0.5) is 13.2 Å². The highest BCUT2D eigenvalue weighted by Crippen LogP contribution is 2.25. The number of rotatable bonds is 3. The Hall–Kier alpha value is -1.12. The zero-order chi connectivity index (χ0) is 15.7. The van der Waals surface area contributed by atoms with Gasteiger partial charge >= 0.3 is 0 Å². The van der Waals surface area contributed by atoms with Gasteiger partial charge in [0.2, 0.25) is 10.0 Å². The monoisotopic (exact) mass is 322 g/mol. The summed E-state index contributed by atoms with van der Waals surface area (Å²) in [6.07, 6.45) is -2.75. The van der Waals surface area contributed by atoms with Crippen molar-refractivity contribution in [3.63, 3.8) is 0 Å². The molecule has 1 atom stereocenters. The summed E-state index contributed by atoms with van der Waals surface area (Å²) >= 11 is 0. The van der Waals surface area contributed by atoms with Crippen LogP contribution in [-0.4, -0.2) is 44.6 Å². The number of nitrogens with one attached hydrogen (secondary N) is 1. The Morgan fingerprint density at radius 2 is 2.10 bits per heavy atom. The normalized spacial score (nSPS) is 25.0. The number of sulfonamides is 1. The summed E-state index contributed by atoms with van der Waals surface area (Å²) < 4.78 is 65.5. The molecule has 0 radical (unpaired) electrons. The molecule has 0 aromatic heterocycles. The molecule has 1 aliphatic rings. The Morgan fingerprint density at radius 3 is 2.76 bits per heavy atom. The number of halogens is 3. The molecule has 0 spiro atoms. The smallest absolute Gasteiger partial charge is 0.263 e. The van der Waals surface area contributed by atoms with Crippen LogP contribution in [0, 0.1) is 0 Å². The molecule has 1 saturated heterocycles. The zero-order valence-electron chi connectivity index (χ0n) is 11.5. The fraction of sp³-hybridized carbons (Fsp3) is 0.538. The van der Waals surface area contributed by atoms with Gasteiger partial charge in [0.1, 0.15) is 5.67 Å². The minimum Gasteiger partial charge on any atom is -0.312 e. The topological polar surface area (TPSA) is 49.4 Å². The standard InChI is InChI=1S/C13H17F3N2O2S/c1-13(16)8-17-5-6-18(9-13)21(19,20)11-4-2-3-10(7-11)12(14)15/h2-4,7,12,17H,5-6,8-9H2,1H3. The van der Waals surface area contributed by atoms with Crippen molar-refractivity contribution in [2.75, 3.05) is 26.2 Å². The molecule has 21 heavy (non-hydrogen) atoms. The van der Waals surface area contributed by atoms with Crippen molar-refractivity contribution < 1.29 is 21.6 Å². The van der Waals surface area contributed by atoms with E-state index >= 15 is 0 Å². The van der Waals surface area contributed by atoms with Gasteiger partial charge in [0.05, 0.1) is 4.90 Å². The maximum atomic E-state index is 14.1. The molecule has 8 heteroatoms. The van der Waals surface area contributed by atoms with Crippen LogP contribution in [0.25, 0.3) is 0 Å². The molecule has 0 bridgehead atoms. The van der Waals surface area contributed by atoms with Gasteiger partial charge in [0, 0.05) is 31.7 Å². The van der Waals surface area contributed by atoms with E-state index in [1.165, 1.54) is 19.1 Å². The summed E-state index contributed by atoms with van der Waals surface area (Å²) in [5, 5.41) is 2.82. The van der Waals surface area contributed by atoms with Crippen molar-refractivity contribution in [2.45, 2.75) is 23.9 Å². The fourth-order valence-electron chi connectivity index (χ4n) is 2.22. The SMILES string of the molecule is CC1(F)CNCCN(S(=O)(=O)c2cccc(C(F)F)c2)C1. The van der Waals surface area contributed by atoms with E-state index in [1.54, 1.807) is 0 Å². The molecule has 1 aliphatic heterocycles. The van der Waals surface area contributed by atoms with Crippen LogP contribution in [0.3, 0.4) is 0 Å². The van der Waals surface area contributed by atoms with Gasteiger partial charge < -0.3 is 5.32 Å². The van der Waals surface area contributed by atoms with E-state index in [0.717, 1.165) is 16.4 Å². The lowest BCUT2D eigenvalue weighted by Crippen LogP contribution is -2.42. The molecule has 1 heterocycles. The van der Waals surface area contributed by atoms with E-state index in [-0.39, 0.29) is 30.1 Å². The maximum absolute atomic E-state index is 14.1. The second kappa shape index (κ2) is 5.94. The average Bonchev–Trinajstić information content (AvgIpc) is 2.60. The van der Waals surface area contributed by atoms with Crippen molar-refractivity contribution in [2.24, 2.45) is 0 Å². The summed E-state index contributed by atoms with van der Waals surface area (Å²) in [5.41, 5.74) is -2.07.